The number of anilines is 1. The fourth-order valence-electron chi connectivity index (χ4n) is 2.28. The fraction of sp³-hybridized carbons (Fsp3) is 0.250. The summed E-state index contributed by atoms with van der Waals surface area (Å²) in [6.07, 6.45) is 3.21. The molecule has 0 saturated carbocycles. The minimum absolute atomic E-state index is 0.0554. The highest BCUT2D eigenvalue weighted by Gasteiger charge is 2.10. The van der Waals surface area contributed by atoms with Crippen molar-refractivity contribution in [1.82, 2.24) is 24.5 Å². The zero-order valence-electron chi connectivity index (χ0n) is 13.4. The molecule has 1 aromatic carbocycles. The minimum Gasteiger partial charge on any atom is -0.292 e. The Labute approximate surface area is 144 Å². The van der Waals surface area contributed by atoms with Gasteiger partial charge in [0.15, 0.2) is 0 Å². The van der Waals surface area contributed by atoms with E-state index in [0.29, 0.717) is 17.3 Å². The van der Waals surface area contributed by atoms with Crippen LogP contribution in [0.3, 0.4) is 0 Å². The van der Waals surface area contributed by atoms with E-state index in [-0.39, 0.29) is 18.4 Å². The van der Waals surface area contributed by atoms with E-state index in [1.807, 2.05) is 31.2 Å². The Morgan fingerprint density at radius 3 is 2.71 bits per heavy atom. The molecular weight excluding hydrogens is 328 g/mol. The third-order valence-corrected chi connectivity index (χ3v) is 3.94. The summed E-state index contributed by atoms with van der Waals surface area (Å²) in [6.45, 7) is 4.49. The zero-order valence-corrected chi connectivity index (χ0v) is 14.2. The quantitative estimate of drug-likeness (QED) is 0.771. The van der Waals surface area contributed by atoms with Crippen LogP contribution >= 0.6 is 11.6 Å². The number of rotatable bonds is 5. The maximum absolute atomic E-state index is 12.0. The van der Waals surface area contributed by atoms with Gasteiger partial charge in [0.05, 0.1) is 17.3 Å². The summed E-state index contributed by atoms with van der Waals surface area (Å²) in [5, 5.41) is 11.6. The highest BCUT2D eigenvalue weighted by Crippen LogP contribution is 2.12. The topological polar surface area (TPSA) is 77.6 Å². The van der Waals surface area contributed by atoms with Gasteiger partial charge in [0.25, 0.3) is 0 Å². The molecule has 1 amide bonds. The lowest BCUT2D eigenvalue weighted by atomic mass is 10.1. The van der Waals surface area contributed by atoms with Crippen LogP contribution in [0, 0.1) is 13.8 Å². The Morgan fingerprint density at radius 2 is 2.00 bits per heavy atom. The lowest BCUT2D eigenvalue weighted by Gasteiger charge is -2.04. The molecule has 7 nitrogen and oxygen atoms in total. The van der Waals surface area contributed by atoms with E-state index in [9.17, 15) is 4.79 Å². The van der Waals surface area contributed by atoms with Crippen LogP contribution in [0.25, 0.3) is 0 Å². The number of benzene rings is 1. The van der Waals surface area contributed by atoms with Crippen molar-refractivity contribution in [3.8, 4) is 0 Å². The number of aromatic nitrogens is 5. The second-order valence-electron chi connectivity index (χ2n) is 5.50. The SMILES string of the molecule is Cc1ccccc1Cn1cnc(NC(=O)Cn2cc(Cl)c(C)n2)n1. The number of hydrogen-bond acceptors (Lipinski definition) is 4. The molecule has 2 aromatic heterocycles. The van der Waals surface area contributed by atoms with Crippen molar-refractivity contribution in [1.29, 1.82) is 0 Å². The largest absolute Gasteiger partial charge is 0.292 e. The van der Waals surface area contributed by atoms with Crippen molar-refractivity contribution < 1.29 is 4.79 Å². The van der Waals surface area contributed by atoms with E-state index >= 15 is 0 Å². The summed E-state index contributed by atoms with van der Waals surface area (Å²) in [5.41, 5.74) is 3.02. The van der Waals surface area contributed by atoms with Crippen LogP contribution in [0.15, 0.2) is 36.8 Å². The van der Waals surface area contributed by atoms with Gasteiger partial charge in [-0.25, -0.2) is 9.67 Å². The van der Waals surface area contributed by atoms with Gasteiger partial charge < -0.3 is 0 Å². The first-order valence-corrected chi connectivity index (χ1v) is 7.82. The van der Waals surface area contributed by atoms with Crippen LogP contribution in [0.1, 0.15) is 16.8 Å². The van der Waals surface area contributed by atoms with Crippen molar-refractivity contribution in [3.63, 3.8) is 0 Å². The number of hydrogen-bond donors (Lipinski definition) is 1. The average Bonchev–Trinajstić information content (AvgIpc) is 3.08. The van der Waals surface area contributed by atoms with E-state index in [1.165, 1.54) is 10.2 Å². The molecule has 0 fully saturated rings. The predicted molar refractivity (Wildman–Crippen MR) is 90.9 cm³/mol. The van der Waals surface area contributed by atoms with Crippen LogP contribution in [-0.2, 0) is 17.9 Å². The first-order valence-electron chi connectivity index (χ1n) is 7.44. The van der Waals surface area contributed by atoms with E-state index in [4.69, 9.17) is 11.6 Å². The van der Waals surface area contributed by atoms with Crippen LogP contribution < -0.4 is 5.32 Å². The summed E-state index contributed by atoms with van der Waals surface area (Å²) >= 11 is 5.92. The van der Waals surface area contributed by atoms with Gasteiger partial charge in [0.1, 0.15) is 12.9 Å². The average molecular weight is 345 g/mol. The number of amides is 1. The molecule has 0 aliphatic carbocycles. The highest BCUT2D eigenvalue weighted by molar-refractivity contribution is 6.31. The monoisotopic (exact) mass is 344 g/mol. The van der Waals surface area contributed by atoms with Crippen molar-refractivity contribution in [2.24, 2.45) is 0 Å². The van der Waals surface area contributed by atoms with Crippen LogP contribution in [0.4, 0.5) is 5.95 Å². The number of nitrogens with zero attached hydrogens (tertiary/aromatic N) is 5. The van der Waals surface area contributed by atoms with E-state index in [1.54, 1.807) is 24.1 Å². The minimum atomic E-state index is -0.261. The summed E-state index contributed by atoms with van der Waals surface area (Å²) in [5.74, 6) is 0.00590. The molecule has 1 N–H and O–H groups in total. The van der Waals surface area contributed by atoms with Gasteiger partial charge in [-0.1, -0.05) is 35.9 Å². The van der Waals surface area contributed by atoms with Crippen LogP contribution in [0.2, 0.25) is 5.02 Å². The Hall–Kier alpha value is -2.67. The predicted octanol–water partition coefficient (Wildman–Crippen LogP) is 2.43. The number of halogens is 1. The smallest absolute Gasteiger partial charge is 0.248 e. The zero-order chi connectivity index (χ0) is 17.1. The van der Waals surface area contributed by atoms with Crippen molar-refractivity contribution in [2.75, 3.05) is 5.32 Å². The van der Waals surface area contributed by atoms with Gasteiger partial charge in [0.2, 0.25) is 11.9 Å². The molecule has 24 heavy (non-hydrogen) atoms. The standard InChI is InChI=1S/C16H17ClN6O/c1-11-5-3-4-6-13(11)7-23-10-18-16(21-23)19-15(24)9-22-8-14(17)12(2)20-22/h3-6,8,10H,7,9H2,1-2H3,(H,19,21,24). The molecule has 0 spiro atoms. The Kier molecular flexibility index (Phi) is 4.61. The van der Waals surface area contributed by atoms with Gasteiger partial charge in [-0.15, -0.1) is 5.10 Å². The first-order chi connectivity index (χ1) is 11.5. The lowest BCUT2D eigenvalue weighted by molar-refractivity contribution is -0.116. The van der Waals surface area contributed by atoms with Gasteiger partial charge in [-0.2, -0.15) is 5.10 Å². The highest BCUT2D eigenvalue weighted by atomic mass is 35.5. The Balaban J connectivity index is 1.61. The second kappa shape index (κ2) is 6.84. The molecule has 0 saturated heterocycles. The third-order valence-electron chi connectivity index (χ3n) is 3.57. The van der Waals surface area contributed by atoms with Gasteiger partial charge in [0, 0.05) is 6.20 Å². The maximum Gasteiger partial charge on any atom is 0.248 e. The summed E-state index contributed by atoms with van der Waals surface area (Å²) < 4.78 is 3.17. The normalized spacial score (nSPS) is 10.8. The molecule has 0 radical (unpaired) electrons. The molecule has 0 aliphatic heterocycles. The van der Waals surface area contributed by atoms with E-state index in [2.05, 4.69) is 20.5 Å². The lowest BCUT2D eigenvalue weighted by Crippen LogP contribution is -2.20. The molecular formula is C16H17ClN6O. The number of nitrogens with one attached hydrogen (secondary N) is 1. The van der Waals surface area contributed by atoms with Gasteiger partial charge in [-0.05, 0) is 25.0 Å². The molecule has 0 bridgehead atoms. The number of carbonyl (C=O) groups excluding carboxylic acids is 1. The van der Waals surface area contributed by atoms with Crippen molar-refractivity contribution in [3.05, 3.63) is 58.6 Å². The second-order valence-corrected chi connectivity index (χ2v) is 5.91. The van der Waals surface area contributed by atoms with Gasteiger partial charge in [-0.3, -0.25) is 14.8 Å². The number of carbonyl (C=O) groups is 1. The Morgan fingerprint density at radius 1 is 1.21 bits per heavy atom. The molecule has 8 heteroatoms. The number of aryl methyl sites for hydroxylation is 2. The molecule has 3 aromatic rings. The maximum atomic E-state index is 12.0. The summed E-state index contributed by atoms with van der Waals surface area (Å²) in [7, 11) is 0. The fourth-order valence-corrected chi connectivity index (χ4v) is 2.43. The molecule has 0 aliphatic rings. The molecule has 124 valence electrons. The van der Waals surface area contributed by atoms with E-state index in [0.717, 1.165) is 5.56 Å². The van der Waals surface area contributed by atoms with E-state index < -0.39 is 0 Å². The van der Waals surface area contributed by atoms with Gasteiger partial charge >= 0.3 is 0 Å². The molecule has 0 unspecified atom stereocenters. The van der Waals surface area contributed by atoms with Crippen molar-refractivity contribution >= 4 is 23.5 Å². The summed E-state index contributed by atoms with van der Waals surface area (Å²) in [4.78, 5) is 16.1. The summed E-state index contributed by atoms with van der Waals surface area (Å²) in [6, 6.07) is 8.07. The van der Waals surface area contributed by atoms with Crippen LogP contribution in [0.5, 0.6) is 0 Å². The van der Waals surface area contributed by atoms with Crippen LogP contribution in [-0.4, -0.2) is 30.5 Å². The van der Waals surface area contributed by atoms with Crippen molar-refractivity contribution in [2.45, 2.75) is 26.9 Å². The third kappa shape index (κ3) is 3.80. The first kappa shape index (κ1) is 16.2. The Bertz CT molecular complexity index is 850. The molecule has 3 rings (SSSR count). The molecule has 2 heterocycles. The molecule has 0 atom stereocenters.